The normalized spacial score (nSPS) is 23.2. The van der Waals surface area contributed by atoms with Crippen LogP contribution < -0.4 is 5.32 Å². The molecule has 0 radical (unpaired) electrons. The van der Waals surface area contributed by atoms with Crippen LogP contribution in [0.15, 0.2) is 18.2 Å². The maximum Gasteiger partial charge on any atom is 0.322 e. The average Bonchev–Trinajstić information content (AvgIpc) is 2.43. The van der Waals surface area contributed by atoms with Crippen molar-refractivity contribution in [2.45, 2.75) is 45.2 Å². The number of hydrogen-bond acceptors (Lipinski definition) is 2. The smallest absolute Gasteiger partial charge is 0.321 e. The highest BCUT2D eigenvalue weighted by atomic mass is 35.5. The Morgan fingerprint density at radius 2 is 2.09 bits per heavy atom. The summed E-state index contributed by atoms with van der Waals surface area (Å²) >= 11 is 6.17. The van der Waals surface area contributed by atoms with Crippen LogP contribution in [0.5, 0.6) is 0 Å². The first-order chi connectivity index (χ1) is 10.6. The monoisotopic (exact) mass is 321 g/mol. The molecule has 0 aromatic heterocycles. The van der Waals surface area contributed by atoms with Crippen LogP contribution >= 0.6 is 11.6 Å². The molecule has 1 atom stereocenters. The Morgan fingerprint density at radius 1 is 1.32 bits per heavy atom. The van der Waals surface area contributed by atoms with Crippen molar-refractivity contribution in [2.24, 2.45) is 0 Å². The summed E-state index contributed by atoms with van der Waals surface area (Å²) < 4.78 is 0. The second-order valence-corrected chi connectivity index (χ2v) is 6.91. The molecular formula is C17H24ClN3O. The fraction of sp³-hybridized carbons (Fsp3) is 0.588. The number of anilines is 1. The van der Waals surface area contributed by atoms with Gasteiger partial charge in [-0.3, -0.25) is 4.90 Å². The largest absolute Gasteiger partial charge is 0.322 e. The van der Waals surface area contributed by atoms with E-state index in [4.69, 9.17) is 11.6 Å². The number of benzene rings is 1. The van der Waals surface area contributed by atoms with Gasteiger partial charge >= 0.3 is 6.03 Å². The van der Waals surface area contributed by atoms with Gasteiger partial charge in [0.1, 0.15) is 0 Å². The number of halogens is 1. The zero-order valence-electron chi connectivity index (χ0n) is 13.3. The molecule has 120 valence electrons. The number of nitrogens with zero attached hydrogens (tertiary/aromatic N) is 2. The summed E-state index contributed by atoms with van der Waals surface area (Å²) in [7, 11) is 0. The van der Waals surface area contributed by atoms with Gasteiger partial charge < -0.3 is 10.2 Å². The highest BCUT2D eigenvalue weighted by Gasteiger charge is 2.37. The van der Waals surface area contributed by atoms with Crippen molar-refractivity contribution < 1.29 is 4.79 Å². The molecule has 2 heterocycles. The fourth-order valence-corrected chi connectivity index (χ4v) is 3.74. The van der Waals surface area contributed by atoms with E-state index in [2.05, 4.69) is 17.1 Å². The van der Waals surface area contributed by atoms with Crippen LogP contribution in [-0.2, 0) is 0 Å². The van der Waals surface area contributed by atoms with Gasteiger partial charge in [-0.1, -0.05) is 30.2 Å². The van der Waals surface area contributed by atoms with E-state index < -0.39 is 0 Å². The summed E-state index contributed by atoms with van der Waals surface area (Å²) in [6.07, 6.45) is 3.90. The summed E-state index contributed by atoms with van der Waals surface area (Å²) in [5.74, 6) is 0. The van der Waals surface area contributed by atoms with Gasteiger partial charge in [0.15, 0.2) is 0 Å². The van der Waals surface area contributed by atoms with Crippen LogP contribution in [0.2, 0.25) is 5.02 Å². The van der Waals surface area contributed by atoms with Crippen molar-refractivity contribution in [1.29, 1.82) is 0 Å². The van der Waals surface area contributed by atoms with Crippen molar-refractivity contribution in [3.05, 3.63) is 28.8 Å². The highest BCUT2D eigenvalue weighted by molar-refractivity contribution is 6.33. The first-order valence-electron chi connectivity index (χ1n) is 8.13. The standard InChI is InChI=1S/C17H24ClN3O/c1-12-6-5-8-15(18)16(12)19-17(22)20-10-14(11-20)21-9-4-3-7-13(21)2/h5-6,8,13-14H,3-4,7,9-11H2,1-2H3,(H,19,22)/t13-/m1/s1. The number of aryl methyl sites for hydroxylation is 1. The third-order valence-electron chi connectivity index (χ3n) is 4.93. The molecule has 2 amide bonds. The summed E-state index contributed by atoms with van der Waals surface area (Å²) in [6.45, 7) is 7.06. The number of carbonyl (C=O) groups is 1. The molecular weight excluding hydrogens is 298 g/mol. The van der Waals surface area contributed by atoms with Crippen LogP contribution in [0, 0.1) is 6.92 Å². The van der Waals surface area contributed by atoms with Gasteiger partial charge in [-0.05, 0) is 44.9 Å². The number of rotatable bonds is 2. The Morgan fingerprint density at radius 3 is 2.77 bits per heavy atom. The second-order valence-electron chi connectivity index (χ2n) is 6.50. The number of carbonyl (C=O) groups excluding carboxylic acids is 1. The molecule has 3 rings (SSSR count). The van der Waals surface area contributed by atoms with E-state index in [0.717, 1.165) is 24.3 Å². The van der Waals surface area contributed by atoms with Crippen molar-refractivity contribution in [3.63, 3.8) is 0 Å². The van der Waals surface area contributed by atoms with Gasteiger partial charge in [0.25, 0.3) is 0 Å². The number of urea groups is 1. The van der Waals surface area contributed by atoms with Gasteiger partial charge in [0.2, 0.25) is 0 Å². The average molecular weight is 322 g/mol. The van der Waals surface area contributed by atoms with Gasteiger partial charge in [-0.25, -0.2) is 4.79 Å². The number of hydrogen-bond donors (Lipinski definition) is 1. The van der Waals surface area contributed by atoms with E-state index in [1.807, 2.05) is 24.0 Å². The van der Waals surface area contributed by atoms with Crippen molar-refractivity contribution in [2.75, 3.05) is 25.0 Å². The van der Waals surface area contributed by atoms with Crippen LogP contribution in [0.25, 0.3) is 0 Å². The lowest BCUT2D eigenvalue weighted by Gasteiger charge is -2.49. The third-order valence-corrected chi connectivity index (χ3v) is 5.24. The first kappa shape index (κ1) is 15.6. The van der Waals surface area contributed by atoms with Crippen LogP contribution in [0.3, 0.4) is 0 Å². The topological polar surface area (TPSA) is 35.6 Å². The first-order valence-corrected chi connectivity index (χ1v) is 8.51. The molecule has 0 saturated carbocycles. The molecule has 0 bridgehead atoms. The molecule has 1 aromatic rings. The van der Waals surface area contributed by atoms with E-state index in [1.54, 1.807) is 6.07 Å². The zero-order chi connectivity index (χ0) is 15.7. The van der Waals surface area contributed by atoms with Crippen molar-refractivity contribution >= 4 is 23.3 Å². The Balaban J connectivity index is 1.55. The maximum atomic E-state index is 12.3. The van der Waals surface area contributed by atoms with E-state index in [1.165, 1.54) is 25.8 Å². The Labute approximate surface area is 137 Å². The number of amides is 2. The molecule has 5 heteroatoms. The van der Waals surface area contributed by atoms with E-state index in [0.29, 0.717) is 17.1 Å². The summed E-state index contributed by atoms with van der Waals surface area (Å²) in [5, 5.41) is 3.54. The Kier molecular flexibility index (Phi) is 4.59. The number of para-hydroxylation sites is 1. The van der Waals surface area contributed by atoms with Crippen molar-refractivity contribution in [1.82, 2.24) is 9.80 Å². The predicted octanol–water partition coefficient (Wildman–Crippen LogP) is 3.74. The minimum Gasteiger partial charge on any atom is -0.321 e. The highest BCUT2D eigenvalue weighted by Crippen LogP contribution is 2.28. The van der Waals surface area contributed by atoms with E-state index in [9.17, 15) is 4.79 Å². The van der Waals surface area contributed by atoms with Gasteiger partial charge in [0, 0.05) is 25.2 Å². The lowest BCUT2D eigenvalue weighted by molar-refractivity contribution is 0.0199. The van der Waals surface area contributed by atoms with Crippen molar-refractivity contribution in [3.8, 4) is 0 Å². The number of nitrogens with one attached hydrogen (secondary N) is 1. The lowest BCUT2D eigenvalue weighted by atomic mass is 9.98. The fourth-order valence-electron chi connectivity index (χ4n) is 3.47. The SMILES string of the molecule is Cc1cccc(Cl)c1NC(=O)N1CC(N2CCCC[C@H]2C)C1. The van der Waals surface area contributed by atoms with Gasteiger partial charge in [-0.2, -0.15) is 0 Å². The molecule has 4 nitrogen and oxygen atoms in total. The second kappa shape index (κ2) is 6.47. The van der Waals surface area contributed by atoms with Crippen LogP contribution in [-0.4, -0.2) is 47.5 Å². The minimum absolute atomic E-state index is 0.0443. The zero-order valence-corrected chi connectivity index (χ0v) is 14.1. The molecule has 2 aliphatic rings. The Hall–Kier alpha value is -1.26. The Bertz CT molecular complexity index is 537. The van der Waals surface area contributed by atoms with Crippen LogP contribution in [0.1, 0.15) is 31.7 Å². The summed E-state index contributed by atoms with van der Waals surface area (Å²) in [6, 6.07) is 6.78. The summed E-state index contributed by atoms with van der Waals surface area (Å²) in [5.41, 5.74) is 1.71. The quantitative estimate of drug-likeness (QED) is 0.900. The van der Waals surface area contributed by atoms with Gasteiger partial charge in [0.05, 0.1) is 10.7 Å². The third kappa shape index (κ3) is 3.08. The van der Waals surface area contributed by atoms with Crippen LogP contribution in [0.4, 0.5) is 10.5 Å². The van der Waals surface area contributed by atoms with E-state index in [-0.39, 0.29) is 6.03 Å². The summed E-state index contributed by atoms with van der Waals surface area (Å²) in [4.78, 5) is 16.8. The maximum absolute atomic E-state index is 12.3. The number of piperidine rings is 1. The molecule has 0 unspecified atom stereocenters. The van der Waals surface area contributed by atoms with E-state index >= 15 is 0 Å². The molecule has 2 fully saturated rings. The molecule has 1 aromatic carbocycles. The predicted molar refractivity (Wildman–Crippen MR) is 90.6 cm³/mol. The molecule has 2 saturated heterocycles. The molecule has 0 aliphatic carbocycles. The molecule has 2 aliphatic heterocycles. The number of likely N-dealkylation sites (tertiary alicyclic amines) is 2. The minimum atomic E-state index is -0.0443. The molecule has 22 heavy (non-hydrogen) atoms. The van der Waals surface area contributed by atoms with Gasteiger partial charge in [-0.15, -0.1) is 0 Å². The lowest BCUT2D eigenvalue weighted by Crippen LogP contribution is -2.64. The molecule has 1 N–H and O–H groups in total. The molecule has 0 spiro atoms.